The third kappa shape index (κ3) is 5.30. The highest BCUT2D eigenvalue weighted by molar-refractivity contribution is 5.98. The molecule has 1 N–H and O–H groups in total. The first-order valence-electron chi connectivity index (χ1n) is 10.2. The van der Waals surface area contributed by atoms with Gasteiger partial charge in [-0.25, -0.2) is 4.79 Å². The molecule has 9 nitrogen and oxygen atoms in total. The van der Waals surface area contributed by atoms with E-state index in [9.17, 15) is 19.7 Å². The van der Waals surface area contributed by atoms with Crippen molar-refractivity contribution in [2.75, 3.05) is 29.9 Å². The summed E-state index contributed by atoms with van der Waals surface area (Å²) in [5, 5.41) is 14.2. The molecule has 0 spiro atoms. The van der Waals surface area contributed by atoms with Crippen LogP contribution in [0.25, 0.3) is 0 Å². The van der Waals surface area contributed by atoms with E-state index in [2.05, 4.69) is 5.32 Å². The molecule has 0 radical (unpaired) electrons. The Morgan fingerprint density at radius 3 is 2.58 bits per heavy atom. The van der Waals surface area contributed by atoms with Gasteiger partial charge in [-0.15, -0.1) is 0 Å². The minimum atomic E-state index is -1.11. The number of anilines is 2. The van der Waals surface area contributed by atoms with E-state index in [0.717, 1.165) is 25.9 Å². The van der Waals surface area contributed by atoms with Gasteiger partial charge in [-0.2, -0.15) is 0 Å². The van der Waals surface area contributed by atoms with Crippen molar-refractivity contribution in [1.82, 2.24) is 0 Å². The number of nitrogens with one attached hydrogen (secondary N) is 1. The Morgan fingerprint density at radius 2 is 1.90 bits per heavy atom. The molecule has 1 saturated heterocycles. The minimum Gasteiger partial charge on any atom is -0.492 e. The largest absolute Gasteiger partial charge is 0.492 e. The number of nitro benzene ring substituents is 1. The van der Waals surface area contributed by atoms with Gasteiger partial charge in [-0.3, -0.25) is 14.9 Å². The van der Waals surface area contributed by atoms with Crippen LogP contribution in [0.4, 0.5) is 17.1 Å². The average molecular weight is 427 g/mol. The number of hydrogen-bond acceptors (Lipinski definition) is 7. The van der Waals surface area contributed by atoms with Crippen molar-refractivity contribution in [1.29, 1.82) is 0 Å². The molecule has 1 amide bonds. The first kappa shape index (κ1) is 22.1. The lowest BCUT2D eigenvalue weighted by atomic mass is 10.1. The van der Waals surface area contributed by atoms with E-state index in [1.54, 1.807) is 30.3 Å². The zero-order valence-corrected chi connectivity index (χ0v) is 17.5. The van der Waals surface area contributed by atoms with Crippen LogP contribution in [0.3, 0.4) is 0 Å². The molecule has 1 aliphatic rings. The van der Waals surface area contributed by atoms with Crippen LogP contribution in [0.1, 0.15) is 37.0 Å². The Balaban J connectivity index is 1.70. The Morgan fingerprint density at radius 1 is 1.19 bits per heavy atom. The van der Waals surface area contributed by atoms with Crippen LogP contribution in [-0.2, 0) is 9.53 Å². The molecule has 0 aliphatic carbocycles. The SMILES string of the molecule is CCOc1ccccc1NC(=O)C(C)OC(=O)c1ccc(N2CCCC2)c([N+](=O)[O-])c1. The van der Waals surface area contributed by atoms with Gasteiger partial charge >= 0.3 is 5.97 Å². The van der Waals surface area contributed by atoms with E-state index in [1.165, 1.54) is 19.1 Å². The molecule has 31 heavy (non-hydrogen) atoms. The quantitative estimate of drug-likeness (QED) is 0.388. The summed E-state index contributed by atoms with van der Waals surface area (Å²) in [6.45, 7) is 5.18. The highest BCUT2D eigenvalue weighted by Crippen LogP contribution is 2.32. The number of rotatable bonds is 8. The third-order valence-electron chi connectivity index (χ3n) is 4.95. The molecule has 1 fully saturated rings. The van der Waals surface area contributed by atoms with Crippen LogP contribution in [0.5, 0.6) is 5.75 Å². The molecule has 164 valence electrons. The number of carbonyl (C=O) groups excluding carboxylic acids is 2. The van der Waals surface area contributed by atoms with Crippen molar-refractivity contribution >= 4 is 28.9 Å². The predicted molar refractivity (Wildman–Crippen MR) is 116 cm³/mol. The number of nitro groups is 1. The van der Waals surface area contributed by atoms with Crippen LogP contribution in [-0.4, -0.2) is 42.6 Å². The van der Waals surface area contributed by atoms with Crippen molar-refractivity contribution in [2.24, 2.45) is 0 Å². The Hall–Kier alpha value is -3.62. The van der Waals surface area contributed by atoms with E-state index in [-0.39, 0.29) is 11.3 Å². The molecule has 2 aromatic rings. The highest BCUT2D eigenvalue weighted by Gasteiger charge is 2.26. The van der Waals surface area contributed by atoms with Gasteiger partial charge in [-0.05, 0) is 51.0 Å². The van der Waals surface area contributed by atoms with Crippen LogP contribution in [0.15, 0.2) is 42.5 Å². The fraction of sp³-hybridized carbons (Fsp3) is 0.364. The van der Waals surface area contributed by atoms with Gasteiger partial charge in [-0.1, -0.05) is 12.1 Å². The maximum absolute atomic E-state index is 12.5. The monoisotopic (exact) mass is 427 g/mol. The summed E-state index contributed by atoms with van der Waals surface area (Å²) in [5.74, 6) is -0.842. The van der Waals surface area contributed by atoms with Gasteiger partial charge in [0.2, 0.25) is 0 Å². The zero-order valence-electron chi connectivity index (χ0n) is 17.5. The molecule has 1 atom stereocenters. The number of benzene rings is 2. The molecule has 0 aromatic heterocycles. The van der Waals surface area contributed by atoms with Crippen molar-refractivity contribution in [3.8, 4) is 5.75 Å². The Bertz CT molecular complexity index is 971. The van der Waals surface area contributed by atoms with Gasteiger partial charge < -0.3 is 19.7 Å². The molecule has 1 heterocycles. The number of para-hydroxylation sites is 2. The van der Waals surface area contributed by atoms with Crippen LogP contribution < -0.4 is 15.0 Å². The molecule has 1 unspecified atom stereocenters. The summed E-state index contributed by atoms with van der Waals surface area (Å²) in [5.41, 5.74) is 0.809. The van der Waals surface area contributed by atoms with E-state index >= 15 is 0 Å². The second kappa shape index (κ2) is 9.92. The summed E-state index contributed by atoms with van der Waals surface area (Å²) in [6.07, 6.45) is 0.833. The van der Waals surface area contributed by atoms with E-state index in [4.69, 9.17) is 9.47 Å². The number of carbonyl (C=O) groups is 2. The first-order chi connectivity index (χ1) is 14.9. The van der Waals surface area contributed by atoms with Crippen LogP contribution in [0, 0.1) is 10.1 Å². The molecule has 9 heteroatoms. The normalized spacial score (nSPS) is 14.1. The molecular formula is C22H25N3O6. The minimum absolute atomic E-state index is 0.0176. The fourth-order valence-corrected chi connectivity index (χ4v) is 3.39. The van der Waals surface area contributed by atoms with E-state index in [0.29, 0.717) is 23.7 Å². The summed E-state index contributed by atoms with van der Waals surface area (Å²) >= 11 is 0. The molecule has 3 rings (SSSR count). The van der Waals surface area contributed by atoms with Gasteiger partial charge in [0, 0.05) is 19.2 Å². The fourth-order valence-electron chi connectivity index (χ4n) is 3.39. The summed E-state index contributed by atoms with van der Waals surface area (Å²) in [4.78, 5) is 37.9. The third-order valence-corrected chi connectivity index (χ3v) is 4.95. The van der Waals surface area contributed by atoms with Crippen molar-refractivity contribution in [3.63, 3.8) is 0 Å². The second-order valence-electron chi connectivity index (χ2n) is 7.12. The van der Waals surface area contributed by atoms with Gasteiger partial charge in [0.1, 0.15) is 11.4 Å². The van der Waals surface area contributed by atoms with E-state index < -0.39 is 22.9 Å². The van der Waals surface area contributed by atoms with Gasteiger partial charge in [0.15, 0.2) is 6.10 Å². The van der Waals surface area contributed by atoms with E-state index in [1.807, 2.05) is 11.8 Å². The van der Waals surface area contributed by atoms with Gasteiger partial charge in [0.25, 0.3) is 11.6 Å². The van der Waals surface area contributed by atoms with Crippen molar-refractivity contribution in [2.45, 2.75) is 32.8 Å². The highest BCUT2D eigenvalue weighted by atomic mass is 16.6. The van der Waals surface area contributed by atoms with Crippen molar-refractivity contribution < 1.29 is 24.0 Å². The zero-order chi connectivity index (χ0) is 22.4. The second-order valence-corrected chi connectivity index (χ2v) is 7.12. The molecule has 1 aliphatic heterocycles. The molecule has 0 bridgehead atoms. The molecular weight excluding hydrogens is 402 g/mol. The predicted octanol–water partition coefficient (Wildman–Crippen LogP) is 3.78. The maximum Gasteiger partial charge on any atom is 0.339 e. The number of amides is 1. The van der Waals surface area contributed by atoms with Crippen LogP contribution >= 0.6 is 0 Å². The Kier molecular flexibility index (Phi) is 7.07. The number of ether oxygens (including phenoxy) is 2. The van der Waals surface area contributed by atoms with Crippen molar-refractivity contribution in [3.05, 3.63) is 58.1 Å². The topological polar surface area (TPSA) is 111 Å². The summed E-state index contributed by atoms with van der Waals surface area (Å²) < 4.78 is 10.7. The van der Waals surface area contributed by atoms with Crippen LogP contribution in [0.2, 0.25) is 0 Å². The number of nitrogens with zero attached hydrogens (tertiary/aromatic N) is 2. The lowest BCUT2D eigenvalue weighted by molar-refractivity contribution is -0.384. The lowest BCUT2D eigenvalue weighted by Gasteiger charge is -2.18. The maximum atomic E-state index is 12.5. The molecule has 2 aromatic carbocycles. The average Bonchev–Trinajstić information content (AvgIpc) is 3.29. The first-order valence-corrected chi connectivity index (χ1v) is 10.2. The number of hydrogen-bond donors (Lipinski definition) is 1. The summed E-state index contributed by atoms with van der Waals surface area (Å²) in [6, 6.07) is 11.2. The smallest absolute Gasteiger partial charge is 0.339 e. The standard InChI is InChI=1S/C22H25N3O6/c1-3-30-20-9-5-4-8-17(20)23-21(26)15(2)31-22(27)16-10-11-18(19(14-16)25(28)29)24-12-6-7-13-24/h4-5,8-11,14-15H,3,6-7,12-13H2,1-2H3,(H,23,26). The summed E-state index contributed by atoms with van der Waals surface area (Å²) in [7, 11) is 0. The van der Waals surface area contributed by atoms with Gasteiger partial charge in [0.05, 0.1) is 22.8 Å². The number of esters is 1. The lowest BCUT2D eigenvalue weighted by Crippen LogP contribution is -2.30. The Labute approximate surface area is 180 Å². The molecule has 0 saturated carbocycles.